The molecule has 0 unspecified atom stereocenters. The Morgan fingerprint density at radius 3 is 2.62 bits per heavy atom. The Labute approximate surface area is 120 Å². The van der Waals surface area contributed by atoms with E-state index in [4.69, 9.17) is 4.74 Å². The smallest absolute Gasteiger partial charge is 0.324 e. The highest BCUT2D eigenvalue weighted by Crippen LogP contribution is 2.23. The molecular formula is C13H13N3O5. The van der Waals surface area contributed by atoms with E-state index in [1.54, 1.807) is 24.3 Å². The van der Waals surface area contributed by atoms with Crippen molar-refractivity contribution in [3.8, 4) is 5.75 Å². The maximum absolute atomic E-state index is 11.3. The molecule has 0 radical (unpaired) electrons. The number of carbonyl (C=O) groups excluding carboxylic acids is 4. The molecule has 1 aromatic rings. The summed E-state index contributed by atoms with van der Waals surface area (Å²) in [5.41, 5.74) is 0.396. The second-order valence-electron chi connectivity index (χ2n) is 4.33. The van der Waals surface area contributed by atoms with Crippen molar-refractivity contribution in [3.05, 3.63) is 24.3 Å². The molecular weight excluding hydrogens is 278 g/mol. The van der Waals surface area contributed by atoms with Crippen LogP contribution in [0.5, 0.6) is 5.75 Å². The molecule has 21 heavy (non-hydrogen) atoms. The summed E-state index contributed by atoms with van der Waals surface area (Å²) in [6.45, 7) is 0.712. The molecule has 1 heterocycles. The molecule has 110 valence electrons. The summed E-state index contributed by atoms with van der Waals surface area (Å²) in [6.07, 6.45) is 0.938. The molecule has 1 saturated heterocycles. The lowest BCUT2D eigenvalue weighted by Crippen LogP contribution is -2.58. The van der Waals surface area contributed by atoms with Crippen LogP contribution in [0.4, 0.5) is 10.5 Å². The van der Waals surface area contributed by atoms with Gasteiger partial charge in [-0.2, -0.15) is 0 Å². The Morgan fingerprint density at radius 2 is 2.00 bits per heavy atom. The zero-order chi connectivity index (χ0) is 15.2. The molecule has 8 heteroatoms. The standard InChI is InChI=1S/C13H13N3O5/c17-7-14-13(20)15-5-12(6-15)21-11-3-1-2-10(4-11)16(8-18)9-19/h1-4,7-9,12H,5-6H2,(H,14,17,20). The number of rotatable bonds is 6. The highest BCUT2D eigenvalue weighted by atomic mass is 16.5. The van der Waals surface area contributed by atoms with Crippen molar-refractivity contribution < 1.29 is 23.9 Å². The fourth-order valence-electron chi connectivity index (χ4n) is 1.88. The summed E-state index contributed by atoms with van der Waals surface area (Å²) in [5.74, 6) is 0.488. The topological polar surface area (TPSA) is 96.0 Å². The number of hydrogen-bond donors (Lipinski definition) is 1. The normalized spacial score (nSPS) is 13.8. The molecule has 1 aliphatic rings. The number of imide groups is 2. The Kier molecular flexibility index (Phi) is 4.50. The zero-order valence-electron chi connectivity index (χ0n) is 11.0. The van der Waals surface area contributed by atoms with Crippen LogP contribution in [0.3, 0.4) is 0 Å². The van der Waals surface area contributed by atoms with Crippen LogP contribution in [0.2, 0.25) is 0 Å². The maximum atomic E-state index is 11.3. The number of anilines is 1. The van der Waals surface area contributed by atoms with Gasteiger partial charge in [0.25, 0.3) is 0 Å². The van der Waals surface area contributed by atoms with E-state index in [0.29, 0.717) is 43.8 Å². The van der Waals surface area contributed by atoms with Gasteiger partial charge in [0, 0.05) is 6.07 Å². The van der Waals surface area contributed by atoms with Gasteiger partial charge in [-0.3, -0.25) is 24.6 Å². The van der Waals surface area contributed by atoms with Gasteiger partial charge in [0.2, 0.25) is 19.2 Å². The maximum Gasteiger partial charge on any atom is 0.324 e. The van der Waals surface area contributed by atoms with Gasteiger partial charge in [-0.05, 0) is 12.1 Å². The van der Waals surface area contributed by atoms with E-state index in [-0.39, 0.29) is 6.10 Å². The number of benzene rings is 1. The molecule has 0 aliphatic carbocycles. The molecule has 8 nitrogen and oxygen atoms in total. The summed E-state index contributed by atoms with van der Waals surface area (Å²) < 4.78 is 5.62. The lowest BCUT2D eigenvalue weighted by atomic mass is 10.2. The fourth-order valence-corrected chi connectivity index (χ4v) is 1.88. The number of likely N-dealkylation sites (tertiary alicyclic amines) is 1. The van der Waals surface area contributed by atoms with Crippen LogP contribution in [0.15, 0.2) is 24.3 Å². The van der Waals surface area contributed by atoms with Gasteiger partial charge in [-0.15, -0.1) is 0 Å². The minimum atomic E-state index is -0.466. The van der Waals surface area contributed by atoms with Gasteiger partial charge >= 0.3 is 6.03 Å². The van der Waals surface area contributed by atoms with Crippen molar-refractivity contribution in [1.29, 1.82) is 0 Å². The largest absolute Gasteiger partial charge is 0.487 e. The quantitative estimate of drug-likeness (QED) is 0.728. The summed E-state index contributed by atoms with van der Waals surface area (Å²) in [5, 5.41) is 2.04. The molecule has 0 atom stereocenters. The Hall–Kier alpha value is -2.90. The first kappa shape index (κ1) is 14.5. The zero-order valence-corrected chi connectivity index (χ0v) is 11.0. The van der Waals surface area contributed by atoms with Crippen LogP contribution in [-0.2, 0) is 14.4 Å². The van der Waals surface area contributed by atoms with Crippen LogP contribution >= 0.6 is 0 Å². The third-order valence-electron chi connectivity index (χ3n) is 2.96. The molecule has 1 fully saturated rings. The van der Waals surface area contributed by atoms with Crippen molar-refractivity contribution >= 4 is 30.9 Å². The third kappa shape index (κ3) is 3.35. The third-order valence-corrected chi connectivity index (χ3v) is 2.96. The first-order valence-electron chi connectivity index (χ1n) is 6.12. The molecule has 1 N–H and O–H groups in total. The average Bonchev–Trinajstić information content (AvgIpc) is 2.44. The molecule has 0 spiro atoms. The molecule has 1 aliphatic heterocycles. The molecule has 2 rings (SSSR count). The number of amides is 5. The molecule has 0 saturated carbocycles. The van der Waals surface area contributed by atoms with E-state index in [0.717, 1.165) is 4.90 Å². The number of nitrogens with zero attached hydrogens (tertiary/aromatic N) is 2. The van der Waals surface area contributed by atoms with Crippen LogP contribution in [0.25, 0.3) is 0 Å². The van der Waals surface area contributed by atoms with E-state index in [9.17, 15) is 19.2 Å². The summed E-state index contributed by atoms with van der Waals surface area (Å²) in [4.78, 5) is 45.1. The number of nitrogens with one attached hydrogen (secondary N) is 1. The van der Waals surface area contributed by atoms with Gasteiger partial charge in [0.05, 0.1) is 18.8 Å². The van der Waals surface area contributed by atoms with Crippen LogP contribution in [-0.4, -0.2) is 49.4 Å². The van der Waals surface area contributed by atoms with Gasteiger partial charge in [-0.1, -0.05) is 6.07 Å². The van der Waals surface area contributed by atoms with E-state index in [2.05, 4.69) is 0 Å². The summed E-state index contributed by atoms with van der Waals surface area (Å²) in [7, 11) is 0. The van der Waals surface area contributed by atoms with Gasteiger partial charge in [-0.25, -0.2) is 4.79 Å². The molecule has 1 aromatic carbocycles. The summed E-state index contributed by atoms with van der Waals surface area (Å²) in [6, 6.07) is 6.02. The van der Waals surface area contributed by atoms with Crippen molar-refractivity contribution in [2.45, 2.75) is 6.10 Å². The molecule has 5 amide bonds. The Balaban J connectivity index is 1.92. The van der Waals surface area contributed by atoms with E-state index in [1.807, 2.05) is 5.32 Å². The number of urea groups is 1. The highest BCUT2D eigenvalue weighted by Gasteiger charge is 2.32. The first-order valence-corrected chi connectivity index (χ1v) is 6.12. The predicted octanol–water partition coefficient (Wildman–Crippen LogP) is -0.265. The minimum Gasteiger partial charge on any atom is -0.487 e. The molecule has 0 aromatic heterocycles. The van der Waals surface area contributed by atoms with Crippen molar-refractivity contribution in [2.75, 3.05) is 18.0 Å². The van der Waals surface area contributed by atoms with Gasteiger partial charge in [0.15, 0.2) is 0 Å². The Morgan fingerprint density at radius 1 is 1.29 bits per heavy atom. The van der Waals surface area contributed by atoms with E-state index >= 15 is 0 Å². The Bertz CT molecular complexity index is 548. The van der Waals surface area contributed by atoms with Crippen molar-refractivity contribution in [3.63, 3.8) is 0 Å². The van der Waals surface area contributed by atoms with Crippen LogP contribution < -0.4 is 15.0 Å². The van der Waals surface area contributed by atoms with Gasteiger partial charge in [0.1, 0.15) is 11.9 Å². The monoisotopic (exact) mass is 291 g/mol. The molecule has 0 bridgehead atoms. The highest BCUT2D eigenvalue weighted by molar-refractivity contribution is 5.95. The van der Waals surface area contributed by atoms with Gasteiger partial charge < -0.3 is 9.64 Å². The van der Waals surface area contributed by atoms with Crippen LogP contribution in [0.1, 0.15) is 0 Å². The van der Waals surface area contributed by atoms with Crippen molar-refractivity contribution in [2.24, 2.45) is 0 Å². The van der Waals surface area contributed by atoms with Crippen LogP contribution in [0, 0.1) is 0 Å². The SMILES string of the molecule is O=CNC(=O)N1CC(Oc2cccc(N(C=O)C=O)c2)C1. The minimum absolute atomic E-state index is 0.196. The fraction of sp³-hybridized carbons (Fsp3) is 0.231. The number of carbonyl (C=O) groups is 4. The number of hydrogen-bond acceptors (Lipinski definition) is 5. The number of ether oxygens (including phenoxy) is 1. The second-order valence-corrected chi connectivity index (χ2v) is 4.33. The first-order chi connectivity index (χ1) is 10.2. The van der Waals surface area contributed by atoms with Crippen molar-refractivity contribution in [1.82, 2.24) is 10.2 Å². The lowest BCUT2D eigenvalue weighted by molar-refractivity contribution is -0.114. The average molecular weight is 291 g/mol. The predicted molar refractivity (Wildman–Crippen MR) is 71.6 cm³/mol. The van der Waals surface area contributed by atoms with E-state index in [1.165, 1.54) is 4.90 Å². The lowest BCUT2D eigenvalue weighted by Gasteiger charge is -2.38. The van der Waals surface area contributed by atoms with E-state index < -0.39 is 6.03 Å². The second kappa shape index (κ2) is 6.51. The summed E-state index contributed by atoms with van der Waals surface area (Å²) >= 11 is 0.